The Balaban J connectivity index is 0.000000376. The summed E-state index contributed by atoms with van der Waals surface area (Å²) in [6.45, 7) is 2.35. The summed E-state index contributed by atoms with van der Waals surface area (Å²) in [6, 6.07) is 21.9. The zero-order valence-electron chi connectivity index (χ0n) is 24.6. The molecule has 0 bridgehead atoms. The number of hydrogen-bond donors (Lipinski definition) is 5. The molecule has 0 saturated carbocycles. The smallest absolute Gasteiger partial charge is 0.490 e. The van der Waals surface area contributed by atoms with Gasteiger partial charge >= 0.3 is 24.3 Å². The van der Waals surface area contributed by atoms with Crippen molar-refractivity contribution in [2.24, 2.45) is 0 Å². The first-order valence-corrected chi connectivity index (χ1v) is 13.5. The molecule has 1 unspecified atom stereocenters. The van der Waals surface area contributed by atoms with Gasteiger partial charge in [0.15, 0.2) is 0 Å². The Labute approximate surface area is 266 Å². The van der Waals surface area contributed by atoms with Crippen LogP contribution in [0.25, 0.3) is 22.0 Å². The summed E-state index contributed by atoms with van der Waals surface area (Å²) in [5.74, 6) is -5.10. The van der Waals surface area contributed by atoms with Crippen LogP contribution in [0.5, 0.6) is 5.75 Å². The van der Waals surface area contributed by atoms with Gasteiger partial charge in [-0.1, -0.05) is 30.3 Å². The maximum Gasteiger partial charge on any atom is 0.490 e. The predicted octanol–water partition coefficient (Wildman–Crippen LogP) is 6.77. The fourth-order valence-corrected chi connectivity index (χ4v) is 4.17. The molecule has 0 saturated heterocycles. The van der Waals surface area contributed by atoms with Gasteiger partial charge in [-0.25, -0.2) is 23.9 Å². The third-order valence-corrected chi connectivity index (χ3v) is 6.23. The average Bonchev–Trinajstić information content (AvgIpc) is 3.49. The first-order valence-electron chi connectivity index (χ1n) is 13.5. The van der Waals surface area contributed by atoms with E-state index in [1.54, 1.807) is 24.4 Å². The third-order valence-electron chi connectivity index (χ3n) is 6.23. The number of nitrogens with one attached hydrogen (secondary N) is 1. The second-order valence-corrected chi connectivity index (χ2v) is 9.62. The number of ether oxygens (including phenoxy) is 1. The number of nitrogen functional groups attached to an aromatic ring is 2. The molecule has 0 spiro atoms. The fourth-order valence-electron chi connectivity index (χ4n) is 4.17. The number of rotatable bonds is 6. The first kappa shape index (κ1) is 36.6. The summed E-state index contributed by atoms with van der Waals surface area (Å²) in [6.07, 6.45) is -8.43. The number of nitrogens with two attached hydrogens (primary N) is 2. The minimum absolute atomic E-state index is 0.341. The Morgan fingerprint density at radius 1 is 0.896 bits per heavy atom. The number of pyridine rings is 1. The summed E-state index contributed by atoms with van der Waals surface area (Å²) >= 11 is 0. The Morgan fingerprint density at radius 3 is 2.06 bits per heavy atom. The van der Waals surface area contributed by atoms with Crippen LogP contribution in [0.15, 0.2) is 79.0 Å². The number of fused-ring (bicyclic) bond motifs is 1. The molecule has 17 heteroatoms. The minimum Gasteiger partial charge on any atom is -0.494 e. The molecular formula is C31H26F7N5O5. The molecule has 0 fully saturated rings. The molecule has 5 rings (SSSR count). The van der Waals surface area contributed by atoms with Crippen LogP contribution < -0.4 is 16.2 Å². The summed E-state index contributed by atoms with van der Waals surface area (Å²) in [5.41, 5.74) is 15.7. The van der Waals surface area contributed by atoms with E-state index in [1.165, 1.54) is 6.07 Å². The molecule has 10 nitrogen and oxygen atoms in total. The minimum atomic E-state index is -5.08. The summed E-state index contributed by atoms with van der Waals surface area (Å²) < 4.78 is 84.4. The monoisotopic (exact) mass is 681 g/mol. The van der Waals surface area contributed by atoms with E-state index in [2.05, 4.69) is 15.0 Å². The Hall–Kier alpha value is -5.87. The number of hydrogen-bond acceptors (Lipinski definition) is 7. The normalized spacial score (nSPS) is 11.8. The number of carbonyl (C=O) groups is 2. The van der Waals surface area contributed by atoms with Crippen molar-refractivity contribution in [1.82, 2.24) is 15.0 Å². The summed E-state index contributed by atoms with van der Waals surface area (Å²) in [4.78, 5) is 30.4. The Morgan fingerprint density at radius 2 is 1.50 bits per heavy atom. The lowest BCUT2D eigenvalue weighted by molar-refractivity contribution is -0.193. The van der Waals surface area contributed by atoms with E-state index in [0.29, 0.717) is 40.9 Å². The molecule has 0 aliphatic rings. The highest BCUT2D eigenvalue weighted by Gasteiger charge is 2.39. The van der Waals surface area contributed by atoms with Gasteiger partial charge in [0.1, 0.15) is 23.2 Å². The van der Waals surface area contributed by atoms with E-state index in [9.17, 15) is 26.3 Å². The SMILES string of the molecule is CCOc1ccc(F)c(C(c2cc3cc(N)ccc3c(N)n2)c2ncc(-c3ccccc3)[nH]2)c1.O=C(O)C(F)(F)F.O=C(O)C(F)(F)F. The maximum atomic E-state index is 15.3. The zero-order chi connectivity index (χ0) is 35.8. The molecule has 2 aromatic heterocycles. The van der Waals surface area contributed by atoms with Crippen LogP contribution in [-0.2, 0) is 9.59 Å². The molecular weight excluding hydrogens is 655 g/mol. The van der Waals surface area contributed by atoms with E-state index >= 15 is 4.39 Å². The van der Waals surface area contributed by atoms with Crippen LogP contribution in [0, 0.1) is 5.82 Å². The highest BCUT2D eigenvalue weighted by atomic mass is 19.4. The number of carboxylic acids is 2. The number of benzene rings is 3. The second-order valence-electron chi connectivity index (χ2n) is 9.62. The van der Waals surface area contributed by atoms with Gasteiger partial charge < -0.3 is 31.4 Å². The largest absolute Gasteiger partial charge is 0.494 e. The van der Waals surface area contributed by atoms with Gasteiger partial charge in [0.25, 0.3) is 0 Å². The van der Waals surface area contributed by atoms with E-state index in [1.807, 2.05) is 55.5 Å². The van der Waals surface area contributed by atoms with Crippen LogP contribution >= 0.6 is 0 Å². The van der Waals surface area contributed by atoms with Gasteiger partial charge in [0, 0.05) is 16.6 Å². The van der Waals surface area contributed by atoms with Crippen molar-refractivity contribution in [2.75, 3.05) is 18.1 Å². The zero-order valence-corrected chi connectivity index (χ0v) is 24.6. The van der Waals surface area contributed by atoms with Crippen molar-refractivity contribution in [3.05, 3.63) is 102 Å². The molecule has 5 aromatic rings. The number of H-pyrrole nitrogens is 1. The summed E-state index contributed by atoms with van der Waals surface area (Å²) in [5, 5.41) is 15.9. The molecule has 0 aliphatic heterocycles. The number of carboxylic acid groups (broad SMARTS) is 2. The van der Waals surface area contributed by atoms with Crippen molar-refractivity contribution >= 4 is 34.2 Å². The molecule has 48 heavy (non-hydrogen) atoms. The molecule has 1 atom stereocenters. The van der Waals surface area contributed by atoms with E-state index in [4.69, 9.17) is 36.0 Å². The van der Waals surface area contributed by atoms with E-state index in [0.717, 1.165) is 22.0 Å². The van der Waals surface area contributed by atoms with Gasteiger partial charge in [-0.05, 0) is 60.3 Å². The number of halogens is 7. The number of imidazole rings is 1. The van der Waals surface area contributed by atoms with Crippen molar-refractivity contribution in [1.29, 1.82) is 0 Å². The Bertz CT molecular complexity index is 1860. The van der Waals surface area contributed by atoms with Crippen molar-refractivity contribution < 1.29 is 55.3 Å². The average molecular weight is 682 g/mol. The standard InChI is InChI=1S/C27H24FN5O.2C2HF3O2/c1-2-34-19-9-11-22(28)21(14-19)25(27-31-15-24(33-27)16-6-4-3-5-7-16)23-13-17-12-18(29)8-10-20(17)26(30)32-23;2*3-2(4,5)1(6)7/h3-15,25H,2,29H2,1H3,(H2,30,32)(H,31,33);2*(H,6,7). The van der Waals surface area contributed by atoms with Crippen molar-refractivity contribution in [2.45, 2.75) is 25.2 Å². The molecule has 2 heterocycles. The number of alkyl halides is 6. The molecule has 254 valence electrons. The van der Waals surface area contributed by atoms with Crippen molar-refractivity contribution in [3.8, 4) is 17.0 Å². The molecule has 3 aromatic carbocycles. The van der Waals surface area contributed by atoms with Crippen LogP contribution in [0.2, 0.25) is 0 Å². The molecule has 0 amide bonds. The van der Waals surface area contributed by atoms with E-state index < -0.39 is 30.2 Å². The highest BCUT2D eigenvalue weighted by molar-refractivity contribution is 5.93. The molecule has 7 N–H and O–H groups in total. The van der Waals surface area contributed by atoms with Crippen LogP contribution in [0.4, 0.5) is 42.2 Å². The number of aromatic amines is 1. The molecule has 0 aliphatic carbocycles. The van der Waals surface area contributed by atoms with Gasteiger partial charge in [-0.2, -0.15) is 26.3 Å². The lowest BCUT2D eigenvalue weighted by atomic mass is 9.92. The van der Waals surface area contributed by atoms with Gasteiger partial charge in [-0.15, -0.1) is 0 Å². The van der Waals surface area contributed by atoms with Gasteiger partial charge in [-0.3, -0.25) is 0 Å². The van der Waals surface area contributed by atoms with Gasteiger partial charge in [0.2, 0.25) is 0 Å². The maximum absolute atomic E-state index is 15.3. The highest BCUT2D eigenvalue weighted by Crippen LogP contribution is 2.36. The lowest BCUT2D eigenvalue weighted by Gasteiger charge is -2.18. The predicted molar refractivity (Wildman–Crippen MR) is 160 cm³/mol. The number of nitrogens with zero attached hydrogens (tertiary/aromatic N) is 2. The second kappa shape index (κ2) is 15.1. The fraction of sp³-hybridized carbons (Fsp3) is 0.161. The number of aliphatic carboxylic acids is 2. The van der Waals surface area contributed by atoms with Crippen LogP contribution in [-0.4, -0.2) is 56.1 Å². The quantitative estimate of drug-likeness (QED) is 0.0955. The van der Waals surface area contributed by atoms with E-state index in [-0.39, 0.29) is 5.82 Å². The number of aromatic nitrogens is 3. The third kappa shape index (κ3) is 9.57. The number of anilines is 2. The van der Waals surface area contributed by atoms with Gasteiger partial charge in [0.05, 0.1) is 30.1 Å². The van der Waals surface area contributed by atoms with Crippen molar-refractivity contribution in [3.63, 3.8) is 0 Å². The first-order chi connectivity index (χ1) is 22.4. The molecule has 0 radical (unpaired) electrons. The summed E-state index contributed by atoms with van der Waals surface area (Å²) in [7, 11) is 0. The van der Waals surface area contributed by atoms with Crippen LogP contribution in [0.1, 0.15) is 29.9 Å². The van der Waals surface area contributed by atoms with Crippen LogP contribution in [0.3, 0.4) is 0 Å². The topological polar surface area (TPSA) is 177 Å². The Kier molecular flexibility index (Phi) is 11.5. The lowest BCUT2D eigenvalue weighted by Crippen LogP contribution is -2.21.